The average Bonchev–Trinajstić information content (AvgIpc) is 3.31. The number of H-pyrrole nitrogens is 1. The van der Waals surface area contributed by atoms with Crippen molar-refractivity contribution in [1.82, 2.24) is 15.2 Å². The molecule has 0 spiro atoms. The number of fused-ring (bicyclic) bond motifs is 1. The number of nitrogens with zero attached hydrogens (tertiary/aromatic N) is 1. The number of likely N-dealkylation sites (tertiary alicyclic amines) is 1. The highest BCUT2D eigenvalue weighted by Gasteiger charge is 2.25. The van der Waals surface area contributed by atoms with Gasteiger partial charge in [-0.2, -0.15) is 0 Å². The van der Waals surface area contributed by atoms with E-state index in [2.05, 4.69) is 17.2 Å². The summed E-state index contributed by atoms with van der Waals surface area (Å²) in [6.45, 7) is 5.35. The van der Waals surface area contributed by atoms with Crippen LogP contribution < -0.4 is 5.32 Å². The molecule has 0 bridgehead atoms. The Bertz CT molecular complexity index is 980. The Hall–Kier alpha value is -3.02. The van der Waals surface area contributed by atoms with Crippen molar-refractivity contribution >= 4 is 22.7 Å². The van der Waals surface area contributed by atoms with Crippen molar-refractivity contribution in [2.24, 2.45) is 0 Å². The van der Waals surface area contributed by atoms with Crippen molar-refractivity contribution in [2.75, 3.05) is 13.1 Å². The van der Waals surface area contributed by atoms with Crippen LogP contribution in [-0.2, 0) is 0 Å². The van der Waals surface area contributed by atoms with E-state index in [1.54, 1.807) is 6.07 Å². The van der Waals surface area contributed by atoms with Crippen LogP contribution in [0, 0.1) is 13.8 Å². The van der Waals surface area contributed by atoms with Gasteiger partial charge >= 0.3 is 0 Å². The van der Waals surface area contributed by atoms with E-state index < -0.39 is 0 Å². The molecule has 0 saturated carbocycles. The smallest absolute Gasteiger partial charge is 0.257 e. The van der Waals surface area contributed by atoms with Crippen molar-refractivity contribution in [3.63, 3.8) is 0 Å². The Kier molecular flexibility index (Phi) is 4.48. The van der Waals surface area contributed by atoms with E-state index in [9.17, 15) is 9.59 Å². The van der Waals surface area contributed by atoms with Crippen molar-refractivity contribution in [3.05, 3.63) is 59.2 Å². The van der Waals surface area contributed by atoms with E-state index in [1.165, 1.54) is 18.1 Å². The number of aromatic nitrogens is 1. The minimum Gasteiger partial charge on any atom is -0.472 e. The van der Waals surface area contributed by atoms with Crippen LogP contribution in [0.1, 0.15) is 44.8 Å². The Labute approximate surface area is 157 Å². The third kappa shape index (κ3) is 3.35. The molecule has 1 aliphatic heterocycles. The molecule has 1 fully saturated rings. The number of nitrogens with one attached hydrogen (secondary N) is 2. The lowest BCUT2D eigenvalue weighted by Crippen LogP contribution is -2.46. The summed E-state index contributed by atoms with van der Waals surface area (Å²) < 4.78 is 4.98. The highest BCUT2D eigenvalue weighted by atomic mass is 16.3. The maximum Gasteiger partial charge on any atom is 0.257 e. The third-order valence-electron chi connectivity index (χ3n) is 5.46. The van der Waals surface area contributed by atoms with E-state index in [4.69, 9.17) is 4.42 Å². The molecule has 3 aromatic rings. The molecule has 0 aliphatic carbocycles. The first kappa shape index (κ1) is 17.4. The number of carbonyl (C=O) groups excluding carboxylic acids is 2. The van der Waals surface area contributed by atoms with Gasteiger partial charge in [0.2, 0.25) is 0 Å². The van der Waals surface area contributed by atoms with Crippen LogP contribution >= 0.6 is 0 Å². The Balaban J connectivity index is 1.38. The van der Waals surface area contributed by atoms with Gasteiger partial charge in [-0.15, -0.1) is 0 Å². The van der Waals surface area contributed by atoms with Crippen molar-refractivity contribution in [3.8, 4) is 0 Å². The van der Waals surface area contributed by atoms with Crippen LogP contribution in [0.25, 0.3) is 10.9 Å². The summed E-state index contributed by atoms with van der Waals surface area (Å²) in [5.41, 5.74) is 4.58. The predicted octanol–water partition coefficient (Wildman–Crippen LogP) is 3.41. The van der Waals surface area contributed by atoms with E-state index >= 15 is 0 Å². The lowest BCUT2D eigenvalue weighted by molar-refractivity contribution is 0.0697. The van der Waals surface area contributed by atoms with Gasteiger partial charge < -0.3 is 19.6 Å². The Morgan fingerprint density at radius 2 is 1.93 bits per heavy atom. The zero-order chi connectivity index (χ0) is 19.0. The van der Waals surface area contributed by atoms with Crippen LogP contribution in [-0.4, -0.2) is 40.8 Å². The normalized spacial score (nSPS) is 15.3. The minimum absolute atomic E-state index is 0.0164. The number of carbonyl (C=O) groups is 2. The number of amides is 2. The molecule has 27 heavy (non-hydrogen) atoms. The number of aryl methyl sites for hydroxylation is 2. The molecular formula is C21H23N3O3. The SMILES string of the molecule is Cc1[nH]c2ccc(C(=O)NC3CCN(C(=O)c4ccoc4)CC3)cc2c1C. The fourth-order valence-electron chi connectivity index (χ4n) is 3.67. The molecule has 0 atom stereocenters. The number of aromatic amines is 1. The molecule has 2 amide bonds. The van der Waals surface area contributed by atoms with Gasteiger partial charge in [0.1, 0.15) is 6.26 Å². The molecule has 6 heteroatoms. The molecule has 0 unspecified atom stereocenters. The van der Waals surface area contributed by atoms with Crippen LogP contribution in [0.15, 0.2) is 41.2 Å². The van der Waals surface area contributed by atoms with Crippen LogP contribution in [0.2, 0.25) is 0 Å². The van der Waals surface area contributed by atoms with Crippen LogP contribution in [0.5, 0.6) is 0 Å². The van der Waals surface area contributed by atoms with E-state index in [1.807, 2.05) is 30.0 Å². The highest BCUT2D eigenvalue weighted by Crippen LogP contribution is 2.23. The molecule has 2 aromatic heterocycles. The first-order valence-electron chi connectivity index (χ1n) is 9.24. The highest BCUT2D eigenvalue weighted by molar-refractivity contribution is 5.99. The molecule has 3 heterocycles. The molecule has 0 radical (unpaired) electrons. The third-order valence-corrected chi connectivity index (χ3v) is 5.46. The van der Waals surface area contributed by atoms with Crippen LogP contribution in [0.3, 0.4) is 0 Å². The summed E-state index contributed by atoms with van der Waals surface area (Å²) in [4.78, 5) is 30.1. The molecular weight excluding hydrogens is 342 g/mol. The standard InChI is InChI=1S/C21H23N3O3/c1-13-14(2)22-19-4-3-15(11-18(13)19)20(25)23-17-5-8-24(9-6-17)21(26)16-7-10-27-12-16/h3-4,7,10-12,17,22H,5-6,8-9H2,1-2H3,(H,23,25). The maximum absolute atomic E-state index is 12.7. The van der Waals surface area contributed by atoms with Gasteiger partial charge in [-0.05, 0) is 56.5 Å². The summed E-state index contributed by atoms with van der Waals surface area (Å²) in [5, 5.41) is 4.20. The quantitative estimate of drug-likeness (QED) is 0.747. The summed E-state index contributed by atoms with van der Waals surface area (Å²) in [6, 6.07) is 7.51. The summed E-state index contributed by atoms with van der Waals surface area (Å²) >= 11 is 0. The lowest BCUT2D eigenvalue weighted by Gasteiger charge is -2.32. The lowest BCUT2D eigenvalue weighted by atomic mass is 10.0. The van der Waals surface area contributed by atoms with Gasteiger partial charge in [0.05, 0.1) is 11.8 Å². The fourth-order valence-corrected chi connectivity index (χ4v) is 3.67. The first-order valence-corrected chi connectivity index (χ1v) is 9.24. The van der Waals surface area contributed by atoms with E-state index in [-0.39, 0.29) is 17.9 Å². The molecule has 1 aromatic carbocycles. The van der Waals surface area contributed by atoms with Crippen molar-refractivity contribution < 1.29 is 14.0 Å². The number of hydrogen-bond donors (Lipinski definition) is 2. The summed E-state index contributed by atoms with van der Waals surface area (Å²) in [7, 11) is 0. The number of rotatable bonds is 3. The maximum atomic E-state index is 12.7. The second-order valence-corrected chi connectivity index (χ2v) is 7.19. The summed E-state index contributed by atoms with van der Waals surface area (Å²) in [6.07, 6.45) is 4.47. The number of piperidine rings is 1. The largest absolute Gasteiger partial charge is 0.472 e. The monoisotopic (exact) mass is 365 g/mol. The number of furan rings is 1. The molecule has 4 rings (SSSR count). The van der Waals surface area contributed by atoms with Crippen molar-refractivity contribution in [1.29, 1.82) is 0 Å². The first-order chi connectivity index (χ1) is 13.0. The summed E-state index contributed by atoms with van der Waals surface area (Å²) in [5.74, 6) is -0.0768. The van der Waals surface area contributed by atoms with Gasteiger partial charge in [-0.3, -0.25) is 9.59 Å². The van der Waals surface area contributed by atoms with Gasteiger partial charge in [-0.25, -0.2) is 0 Å². The zero-order valence-corrected chi connectivity index (χ0v) is 15.5. The Morgan fingerprint density at radius 1 is 1.15 bits per heavy atom. The van der Waals surface area contributed by atoms with Crippen molar-refractivity contribution in [2.45, 2.75) is 32.7 Å². The van der Waals surface area contributed by atoms with E-state index in [0.717, 1.165) is 29.4 Å². The van der Waals surface area contributed by atoms with Gasteiger partial charge in [-0.1, -0.05) is 0 Å². The van der Waals surface area contributed by atoms with E-state index in [0.29, 0.717) is 24.2 Å². The average molecular weight is 365 g/mol. The fraction of sp³-hybridized carbons (Fsp3) is 0.333. The molecule has 6 nitrogen and oxygen atoms in total. The second kappa shape index (κ2) is 6.95. The second-order valence-electron chi connectivity index (χ2n) is 7.19. The molecule has 1 aliphatic rings. The number of benzene rings is 1. The van der Waals surface area contributed by atoms with Crippen LogP contribution in [0.4, 0.5) is 0 Å². The predicted molar refractivity (Wildman–Crippen MR) is 103 cm³/mol. The van der Waals surface area contributed by atoms with Gasteiger partial charge in [0, 0.05) is 41.3 Å². The topological polar surface area (TPSA) is 78.3 Å². The van der Waals surface area contributed by atoms with Gasteiger partial charge in [0.25, 0.3) is 11.8 Å². The minimum atomic E-state index is -0.0604. The molecule has 2 N–H and O–H groups in total. The zero-order valence-electron chi connectivity index (χ0n) is 15.5. The molecule has 140 valence electrons. The van der Waals surface area contributed by atoms with Gasteiger partial charge in [0.15, 0.2) is 0 Å². The number of hydrogen-bond acceptors (Lipinski definition) is 3. The Morgan fingerprint density at radius 3 is 2.63 bits per heavy atom. The molecule has 1 saturated heterocycles.